The van der Waals surface area contributed by atoms with Crippen LogP contribution < -0.4 is 5.73 Å². The molecule has 0 bridgehead atoms. The molecule has 0 unspecified atom stereocenters. The number of imidazole rings is 1. The number of halogens is 2. The van der Waals surface area contributed by atoms with Gasteiger partial charge in [0.25, 0.3) is 5.91 Å². The van der Waals surface area contributed by atoms with Gasteiger partial charge in [0.1, 0.15) is 17.8 Å². The summed E-state index contributed by atoms with van der Waals surface area (Å²) in [5.74, 6) is -0.942. The topological polar surface area (TPSA) is 60.9 Å². The summed E-state index contributed by atoms with van der Waals surface area (Å²) in [6, 6.07) is 4.23. The van der Waals surface area contributed by atoms with Crippen molar-refractivity contribution in [1.29, 1.82) is 0 Å². The third kappa shape index (κ3) is 1.96. The van der Waals surface area contributed by atoms with E-state index in [1.165, 1.54) is 24.7 Å². The van der Waals surface area contributed by atoms with Crippen molar-refractivity contribution in [2.24, 2.45) is 5.73 Å². The Morgan fingerprint density at radius 3 is 2.81 bits per heavy atom. The fourth-order valence-corrected chi connectivity index (χ4v) is 1.83. The first kappa shape index (κ1) is 10.8. The number of nitrogens with zero attached hydrogens (tertiary/aromatic N) is 2. The smallest absolute Gasteiger partial charge is 0.268 e. The van der Waals surface area contributed by atoms with E-state index in [9.17, 15) is 9.18 Å². The maximum Gasteiger partial charge on any atom is 0.268 e. The molecule has 0 saturated heterocycles. The number of amides is 1. The fourth-order valence-electron chi connectivity index (χ4n) is 1.27. The normalized spacial score (nSPS) is 10.4. The Labute approximate surface area is 99.0 Å². The van der Waals surface area contributed by atoms with Crippen LogP contribution in [0.5, 0.6) is 0 Å². The zero-order valence-corrected chi connectivity index (χ0v) is 9.61. The van der Waals surface area contributed by atoms with Crippen molar-refractivity contribution in [2.45, 2.75) is 0 Å². The van der Waals surface area contributed by atoms with Gasteiger partial charge in [-0.3, -0.25) is 4.79 Å². The van der Waals surface area contributed by atoms with Crippen molar-refractivity contribution in [3.8, 4) is 5.69 Å². The average molecular weight is 284 g/mol. The third-order valence-corrected chi connectivity index (χ3v) is 2.66. The minimum atomic E-state index is -0.600. The highest BCUT2D eigenvalue weighted by molar-refractivity contribution is 9.10. The second-order valence-electron chi connectivity index (χ2n) is 3.13. The summed E-state index contributed by atoms with van der Waals surface area (Å²) in [6.45, 7) is 0. The Kier molecular flexibility index (Phi) is 2.74. The van der Waals surface area contributed by atoms with E-state index in [1.807, 2.05) is 0 Å². The molecule has 82 valence electrons. The highest BCUT2D eigenvalue weighted by Gasteiger charge is 2.08. The Morgan fingerprint density at radius 1 is 1.50 bits per heavy atom. The molecule has 2 N–H and O–H groups in total. The maximum absolute atomic E-state index is 12.9. The molecular formula is C10H7BrFN3O. The number of hydrogen-bond acceptors (Lipinski definition) is 2. The van der Waals surface area contributed by atoms with E-state index < -0.39 is 5.91 Å². The molecule has 0 aliphatic rings. The van der Waals surface area contributed by atoms with Crippen molar-refractivity contribution in [3.63, 3.8) is 0 Å². The number of benzene rings is 1. The van der Waals surface area contributed by atoms with Gasteiger partial charge in [0.05, 0.1) is 5.69 Å². The highest BCUT2D eigenvalue weighted by atomic mass is 79.9. The first-order chi connectivity index (χ1) is 7.58. The summed E-state index contributed by atoms with van der Waals surface area (Å²) < 4.78 is 15.0. The first-order valence-corrected chi connectivity index (χ1v) is 5.16. The summed E-state index contributed by atoms with van der Waals surface area (Å²) in [5.41, 5.74) is 5.93. The lowest BCUT2D eigenvalue weighted by atomic mass is 10.3. The van der Waals surface area contributed by atoms with E-state index in [-0.39, 0.29) is 11.5 Å². The van der Waals surface area contributed by atoms with Gasteiger partial charge in [0, 0.05) is 10.7 Å². The Balaban J connectivity index is 2.46. The van der Waals surface area contributed by atoms with Gasteiger partial charge in [-0.25, -0.2) is 9.37 Å². The van der Waals surface area contributed by atoms with Crippen LogP contribution in [0.1, 0.15) is 10.5 Å². The van der Waals surface area contributed by atoms with Crippen LogP contribution in [0.2, 0.25) is 0 Å². The van der Waals surface area contributed by atoms with Gasteiger partial charge in [-0.1, -0.05) is 0 Å². The molecule has 0 aliphatic heterocycles. The molecule has 4 nitrogen and oxygen atoms in total. The second-order valence-corrected chi connectivity index (χ2v) is 3.98. The predicted octanol–water partition coefficient (Wildman–Crippen LogP) is 1.87. The standard InChI is InChI=1S/C10H7BrFN3O/c11-7-3-6(12)1-2-9(7)15-4-8(10(13)16)14-5-15/h1-5H,(H2,13,16). The van der Waals surface area contributed by atoms with Crippen LogP contribution in [0.25, 0.3) is 5.69 Å². The monoisotopic (exact) mass is 283 g/mol. The van der Waals surface area contributed by atoms with Gasteiger partial charge >= 0.3 is 0 Å². The molecule has 0 radical (unpaired) electrons. The van der Waals surface area contributed by atoms with Gasteiger partial charge in [0.2, 0.25) is 0 Å². The van der Waals surface area contributed by atoms with Crippen molar-refractivity contribution in [1.82, 2.24) is 9.55 Å². The Hall–Kier alpha value is -1.69. The molecule has 1 aromatic carbocycles. The third-order valence-electron chi connectivity index (χ3n) is 2.02. The number of aromatic nitrogens is 2. The number of nitrogens with two attached hydrogens (primary N) is 1. The van der Waals surface area contributed by atoms with Gasteiger partial charge in [-0.05, 0) is 34.1 Å². The van der Waals surface area contributed by atoms with Crippen LogP contribution in [0, 0.1) is 5.82 Å². The summed E-state index contributed by atoms with van der Waals surface area (Å²) in [6.07, 6.45) is 2.93. The summed E-state index contributed by atoms with van der Waals surface area (Å²) in [7, 11) is 0. The van der Waals surface area contributed by atoms with E-state index in [0.717, 1.165) is 0 Å². The van der Waals surface area contributed by atoms with Gasteiger partial charge < -0.3 is 10.3 Å². The van der Waals surface area contributed by atoms with E-state index in [1.54, 1.807) is 10.6 Å². The molecule has 2 rings (SSSR count). The predicted molar refractivity (Wildman–Crippen MR) is 59.7 cm³/mol. The Bertz CT molecular complexity index is 553. The molecule has 0 fully saturated rings. The molecule has 0 aliphatic carbocycles. The van der Waals surface area contributed by atoms with Crippen molar-refractivity contribution in [3.05, 3.63) is 46.7 Å². The van der Waals surface area contributed by atoms with Crippen LogP contribution in [-0.2, 0) is 0 Å². The molecule has 16 heavy (non-hydrogen) atoms. The zero-order chi connectivity index (χ0) is 11.7. The molecule has 1 aromatic heterocycles. The lowest BCUT2D eigenvalue weighted by Crippen LogP contribution is -2.11. The van der Waals surface area contributed by atoms with Crippen LogP contribution in [0.3, 0.4) is 0 Å². The minimum absolute atomic E-state index is 0.163. The average Bonchev–Trinajstić information content (AvgIpc) is 2.66. The van der Waals surface area contributed by atoms with E-state index >= 15 is 0 Å². The summed E-state index contributed by atoms with van der Waals surface area (Å²) in [4.78, 5) is 14.7. The van der Waals surface area contributed by atoms with Crippen LogP contribution in [0.4, 0.5) is 4.39 Å². The molecule has 6 heteroatoms. The summed E-state index contributed by atoms with van der Waals surface area (Å²) >= 11 is 3.23. The molecular weight excluding hydrogens is 277 g/mol. The largest absolute Gasteiger partial charge is 0.364 e. The van der Waals surface area contributed by atoms with Gasteiger partial charge in [-0.15, -0.1) is 0 Å². The van der Waals surface area contributed by atoms with Crippen LogP contribution >= 0.6 is 15.9 Å². The van der Waals surface area contributed by atoms with E-state index in [4.69, 9.17) is 5.73 Å². The van der Waals surface area contributed by atoms with Gasteiger partial charge in [-0.2, -0.15) is 0 Å². The zero-order valence-electron chi connectivity index (χ0n) is 8.02. The minimum Gasteiger partial charge on any atom is -0.364 e. The SMILES string of the molecule is NC(=O)c1cn(-c2ccc(F)cc2Br)cn1. The number of carbonyl (C=O) groups excluding carboxylic acids is 1. The number of rotatable bonds is 2. The number of hydrogen-bond donors (Lipinski definition) is 1. The quantitative estimate of drug-likeness (QED) is 0.915. The molecule has 1 amide bonds. The summed E-state index contributed by atoms with van der Waals surface area (Å²) in [5, 5.41) is 0. The molecule has 1 heterocycles. The molecule has 0 atom stereocenters. The Morgan fingerprint density at radius 2 is 2.25 bits per heavy atom. The lowest BCUT2D eigenvalue weighted by Gasteiger charge is -2.04. The molecule has 0 spiro atoms. The fraction of sp³-hybridized carbons (Fsp3) is 0. The van der Waals surface area contributed by atoms with Crippen molar-refractivity contribution >= 4 is 21.8 Å². The van der Waals surface area contributed by atoms with Crippen LogP contribution in [0.15, 0.2) is 35.2 Å². The van der Waals surface area contributed by atoms with E-state index in [2.05, 4.69) is 20.9 Å². The number of primary amides is 1. The molecule has 2 aromatic rings. The number of carbonyl (C=O) groups is 1. The van der Waals surface area contributed by atoms with Crippen molar-refractivity contribution in [2.75, 3.05) is 0 Å². The first-order valence-electron chi connectivity index (χ1n) is 4.37. The lowest BCUT2D eigenvalue weighted by molar-refractivity contribution is 0.0996. The molecule has 0 saturated carbocycles. The van der Waals surface area contributed by atoms with Crippen molar-refractivity contribution < 1.29 is 9.18 Å². The second kappa shape index (κ2) is 4.05. The van der Waals surface area contributed by atoms with Crippen LogP contribution in [-0.4, -0.2) is 15.5 Å². The van der Waals surface area contributed by atoms with Gasteiger partial charge in [0.15, 0.2) is 0 Å². The maximum atomic E-state index is 12.9. The highest BCUT2D eigenvalue weighted by Crippen LogP contribution is 2.22. The van der Waals surface area contributed by atoms with E-state index in [0.29, 0.717) is 10.2 Å².